The second kappa shape index (κ2) is 6.76. The summed E-state index contributed by atoms with van der Waals surface area (Å²) < 4.78 is 5.96. The summed E-state index contributed by atoms with van der Waals surface area (Å²) in [6.45, 7) is 4.74. The minimum atomic E-state index is -0.120. The molecule has 0 bridgehead atoms. The number of carbonyl (C=O) groups is 1. The molecule has 5 nitrogen and oxygen atoms in total. The van der Waals surface area contributed by atoms with Gasteiger partial charge in [-0.2, -0.15) is 0 Å². The summed E-state index contributed by atoms with van der Waals surface area (Å²) in [5.41, 5.74) is 4.06. The number of hydrogen-bond donors (Lipinski definition) is 2. The van der Waals surface area contributed by atoms with Crippen molar-refractivity contribution in [1.29, 1.82) is 0 Å². The third-order valence-corrected chi connectivity index (χ3v) is 4.65. The molecular weight excluding hydrogens is 340 g/mol. The highest BCUT2D eigenvalue weighted by atomic mass is 16.3. The van der Waals surface area contributed by atoms with E-state index < -0.39 is 0 Å². The highest BCUT2D eigenvalue weighted by molar-refractivity contribution is 5.92. The molecular formula is C22H20N2O3. The van der Waals surface area contributed by atoms with Gasteiger partial charge in [-0.05, 0) is 29.7 Å². The number of hydrogen-bond acceptors (Lipinski definition) is 4. The van der Waals surface area contributed by atoms with Crippen LogP contribution in [0.25, 0.3) is 22.3 Å². The van der Waals surface area contributed by atoms with Crippen LogP contribution in [0.2, 0.25) is 0 Å². The second-order valence-corrected chi connectivity index (χ2v) is 6.97. The lowest BCUT2D eigenvalue weighted by molar-refractivity contribution is -0.115. The summed E-state index contributed by atoms with van der Waals surface area (Å²) in [6.07, 6.45) is 1.51. The van der Waals surface area contributed by atoms with Crippen molar-refractivity contribution in [1.82, 2.24) is 5.32 Å². The van der Waals surface area contributed by atoms with Crippen molar-refractivity contribution in [3.05, 3.63) is 76.1 Å². The van der Waals surface area contributed by atoms with Crippen LogP contribution in [0.5, 0.6) is 0 Å². The first-order chi connectivity index (χ1) is 13.0. The molecule has 27 heavy (non-hydrogen) atoms. The Morgan fingerprint density at radius 2 is 1.81 bits per heavy atom. The Morgan fingerprint density at radius 1 is 1.04 bits per heavy atom. The number of fused-ring (bicyclic) bond motifs is 1. The Bertz CT molecular complexity index is 1110. The smallest absolute Gasteiger partial charge is 0.246 e. The van der Waals surface area contributed by atoms with Crippen LogP contribution in [0.3, 0.4) is 0 Å². The minimum absolute atomic E-state index is 0.0996. The van der Waals surface area contributed by atoms with Crippen molar-refractivity contribution in [3.8, 4) is 11.3 Å². The maximum Gasteiger partial charge on any atom is 0.246 e. The summed E-state index contributed by atoms with van der Waals surface area (Å²) in [5.74, 6) is 0.886. The Balaban J connectivity index is 1.68. The van der Waals surface area contributed by atoms with E-state index in [4.69, 9.17) is 4.42 Å². The van der Waals surface area contributed by atoms with E-state index in [1.807, 2.05) is 18.2 Å². The van der Waals surface area contributed by atoms with E-state index in [9.17, 15) is 9.59 Å². The molecule has 1 aliphatic rings. The third kappa shape index (κ3) is 3.49. The van der Waals surface area contributed by atoms with Gasteiger partial charge in [-0.1, -0.05) is 38.1 Å². The fraction of sp³-hybridized carbons (Fsp3) is 0.182. The van der Waals surface area contributed by atoms with E-state index in [-0.39, 0.29) is 11.3 Å². The molecule has 0 atom stereocenters. The molecule has 2 aromatic carbocycles. The van der Waals surface area contributed by atoms with E-state index in [1.54, 1.807) is 12.1 Å². The van der Waals surface area contributed by atoms with Crippen LogP contribution in [-0.2, 0) is 4.79 Å². The Hall–Kier alpha value is -3.34. The molecule has 4 rings (SSSR count). The molecule has 0 spiro atoms. The van der Waals surface area contributed by atoms with E-state index in [2.05, 4.69) is 36.6 Å². The molecule has 1 aromatic heterocycles. The zero-order valence-corrected chi connectivity index (χ0v) is 15.2. The SMILES string of the molecule is CC(C)c1ccc(-c2cc(=O)c3cc(NC4=CC(=O)NC4)ccc3o2)cc1. The van der Waals surface area contributed by atoms with Crippen LogP contribution in [0.4, 0.5) is 5.69 Å². The lowest BCUT2D eigenvalue weighted by Crippen LogP contribution is -2.16. The lowest BCUT2D eigenvalue weighted by atomic mass is 10.0. The van der Waals surface area contributed by atoms with E-state index >= 15 is 0 Å². The standard InChI is InChI=1S/C22H20N2O3/c1-13(2)14-3-5-15(6-4-14)21-11-19(25)18-9-16(7-8-20(18)27-21)24-17-10-22(26)23-12-17/h3-11,13,24H,12H2,1-2H3,(H,23,26). The fourth-order valence-electron chi connectivity index (χ4n) is 3.12. The first-order valence-corrected chi connectivity index (χ1v) is 8.93. The largest absolute Gasteiger partial charge is 0.456 e. The summed E-state index contributed by atoms with van der Waals surface area (Å²) >= 11 is 0. The van der Waals surface area contributed by atoms with Crippen LogP contribution in [0.1, 0.15) is 25.3 Å². The monoisotopic (exact) mass is 360 g/mol. The van der Waals surface area contributed by atoms with E-state index in [0.29, 0.717) is 29.2 Å². The zero-order chi connectivity index (χ0) is 19.0. The van der Waals surface area contributed by atoms with Gasteiger partial charge in [0.05, 0.1) is 11.9 Å². The quantitative estimate of drug-likeness (QED) is 0.737. The number of carbonyl (C=O) groups excluding carboxylic acids is 1. The molecule has 0 unspecified atom stereocenters. The minimum Gasteiger partial charge on any atom is -0.456 e. The molecule has 0 saturated heterocycles. The fourth-order valence-corrected chi connectivity index (χ4v) is 3.12. The molecule has 2 N–H and O–H groups in total. The summed E-state index contributed by atoms with van der Waals surface area (Å²) in [4.78, 5) is 23.9. The van der Waals surface area contributed by atoms with E-state index in [1.165, 1.54) is 17.7 Å². The summed E-state index contributed by atoms with van der Waals surface area (Å²) in [7, 11) is 0. The number of benzene rings is 2. The van der Waals surface area contributed by atoms with Gasteiger partial charge >= 0.3 is 0 Å². The van der Waals surface area contributed by atoms with Crippen LogP contribution in [0.15, 0.2) is 69.5 Å². The van der Waals surface area contributed by atoms with Gasteiger partial charge in [-0.25, -0.2) is 0 Å². The van der Waals surface area contributed by atoms with Crippen LogP contribution in [-0.4, -0.2) is 12.5 Å². The number of anilines is 1. The number of rotatable bonds is 4. The molecule has 5 heteroatoms. The molecule has 1 amide bonds. The zero-order valence-electron chi connectivity index (χ0n) is 15.2. The van der Waals surface area contributed by atoms with Crippen molar-refractivity contribution in [2.24, 2.45) is 0 Å². The Labute approximate surface area is 156 Å². The van der Waals surface area contributed by atoms with Gasteiger partial charge in [0.15, 0.2) is 5.43 Å². The highest BCUT2D eigenvalue weighted by Crippen LogP contribution is 2.26. The van der Waals surface area contributed by atoms with Crippen molar-refractivity contribution in [2.45, 2.75) is 19.8 Å². The molecule has 3 aromatic rings. The van der Waals surface area contributed by atoms with Crippen LogP contribution in [0, 0.1) is 0 Å². The molecule has 1 aliphatic heterocycles. The highest BCUT2D eigenvalue weighted by Gasteiger charge is 2.12. The van der Waals surface area contributed by atoms with Gasteiger partial charge in [0.25, 0.3) is 0 Å². The topological polar surface area (TPSA) is 71.3 Å². The van der Waals surface area contributed by atoms with Gasteiger partial charge in [0.2, 0.25) is 5.91 Å². The molecule has 136 valence electrons. The van der Waals surface area contributed by atoms with Crippen molar-refractivity contribution < 1.29 is 9.21 Å². The maximum atomic E-state index is 12.6. The predicted molar refractivity (Wildman–Crippen MR) is 107 cm³/mol. The first kappa shape index (κ1) is 17.1. The van der Waals surface area contributed by atoms with Crippen molar-refractivity contribution >= 4 is 22.6 Å². The summed E-state index contributed by atoms with van der Waals surface area (Å²) in [5, 5.41) is 6.35. The molecule has 0 saturated carbocycles. The average molecular weight is 360 g/mol. The third-order valence-electron chi connectivity index (χ3n) is 4.65. The second-order valence-electron chi connectivity index (χ2n) is 6.97. The van der Waals surface area contributed by atoms with E-state index in [0.717, 1.165) is 16.9 Å². The van der Waals surface area contributed by atoms with Crippen molar-refractivity contribution in [3.63, 3.8) is 0 Å². The van der Waals surface area contributed by atoms with Crippen LogP contribution >= 0.6 is 0 Å². The predicted octanol–water partition coefficient (Wildman–Crippen LogP) is 4.01. The average Bonchev–Trinajstić information content (AvgIpc) is 3.07. The molecule has 2 heterocycles. The van der Waals surface area contributed by atoms with Gasteiger partial charge in [0, 0.05) is 29.1 Å². The normalized spacial score (nSPS) is 13.7. The summed E-state index contributed by atoms with van der Waals surface area (Å²) in [6, 6.07) is 14.9. The maximum absolute atomic E-state index is 12.6. The van der Waals surface area contributed by atoms with Crippen molar-refractivity contribution in [2.75, 3.05) is 11.9 Å². The van der Waals surface area contributed by atoms with Gasteiger partial charge in [0.1, 0.15) is 11.3 Å². The Kier molecular flexibility index (Phi) is 4.28. The molecule has 0 aliphatic carbocycles. The first-order valence-electron chi connectivity index (χ1n) is 8.93. The van der Waals surface area contributed by atoms with Crippen LogP contribution < -0.4 is 16.1 Å². The number of nitrogens with one attached hydrogen (secondary N) is 2. The lowest BCUT2D eigenvalue weighted by Gasteiger charge is -2.09. The number of amides is 1. The van der Waals surface area contributed by atoms with Gasteiger partial charge < -0.3 is 15.1 Å². The Morgan fingerprint density at radius 3 is 2.48 bits per heavy atom. The van der Waals surface area contributed by atoms with Gasteiger partial charge in [-0.3, -0.25) is 9.59 Å². The van der Waals surface area contributed by atoms with Gasteiger partial charge in [-0.15, -0.1) is 0 Å². The molecule has 0 radical (unpaired) electrons. The molecule has 0 fully saturated rings.